The quantitative estimate of drug-likeness (QED) is 0.638. The van der Waals surface area contributed by atoms with Crippen LogP contribution in [0.1, 0.15) is 10.5 Å². The number of hydrogen-bond acceptors (Lipinski definition) is 7. The summed E-state index contributed by atoms with van der Waals surface area (Å²) in [7, 11) is 3.09. The molecule has 0 saturated carbocycles. The highest BCUT2D eigenvalue weighted by molar-refractivity contribution is 5.94. The minimum Gasteiger partial charge on any atom is -0.496 e. The summed E-state index contributed by atoms with van der Waals surface area (Å²) < 4.78 is 12.4. The molecule has 0 atom stereocenters. The minimum absolute atomic E-state index is 0. The van der Waals surface area contributed by atoms with Crippen molar-refractivity contribution in [3.05, 3.63) is 36.2 Å². The number of methoxy groups -OCH3 is 2. The van der Waals surface area contributed by atoms with Crippen molar-refractivity contribution < 1.29 is 14.3 Å². The number of nitrogen functional groups attached to an aromatic ring is 1. The van der Waals surface area contributed by atoms with E-state index in [-0.39, 0.29) is 18.3 Å². The van der Waals surface area contributed by atoms with Crippen LogP contribution in [0.3, 0.4) is 0 Å². The molecule has 0 radical (unpaired) electrons. The molecule has 0 bridgehead atoms. The van der Waals surface area contributed by atoms with Gasteiger partial charge in [0.1, 0.15) is 22.9 Å². The Hall–Kier alpha value is -3.33. The van der Waals surface area contributed by atoms with Crippen molar-refractivity contribution >= 4 is 24.0 Å². The molecule has 3 N–H and O–H groups in total. The van der Waals surface area contributed by atoms with Crippen molar-refractivity contribution in [1.29, 1.82) is 0 Å². The smallest absolute Gasteiger partial charge is 0.269 e. The predicted octanol–water partition coefficient (Wildman–Crippen LogP) is 1.77. The van der Waals surface area contributed by atoms with Gasteiger partial charge in [0.05, 0.1) is 37.7 Å². The number of aromatic nitrogens is 4. The summed E-state index contributed by atoms with van der Waals surface area (Å²) in [5.74, 6) is 1.35. The van der Waals surface area contributed by atoms with Crippen LogP contribution >= 0.6 is 12.4 Å². The number of ether oxygens (including phenoxy) is 2. The number of nitrogens with two attached hydrogens (primary N) is 1. The number of anilines is 1. The van der Waals surface area contributed by atoms with Gasteiger partial charge in [0.15, 0.2) is 5.82 Å². The first-order chi connectivity index (χ1) is 13.1. The highest BCUT2D eigenvalue weighted by Crippen LogP contribution is 2.36. The Morgan fingerprint density at radius 1 is 1.14 bits per heavy atom. The molecule has 146 valence electrons. The van der Waals surface area contributed by atoms with Crippen LogP contribution in [0, 0.1) is 0 Å². The molecule has 4 rings (SSSR count). The van der Waals surface area contributed by atoms with E-state index in [2.05, 4.69) is 20.4 Å². The molecule has 28 heavy (non-hydrogen) atoms. The second-order valence-corrected chi connectivity index (χ2v) is 5.95. The normalized spacial score (nSPS) is 12.6. The lowest BCUT2D eigenvalue weighted by Gasteiger charge is -2.13. The molecule has 10 heteroatoms. The number of hydrogen-bond donors (Lipinski definition) is 2. The highest BCUT2D eigenvalue weighted by Gasteiger charge is 2.21. The Balaban J connectivity index is 0.00000225. The van der Waals surface area contributed by atoms with Crippen LogP contribution in [0.2, 0.25) is 0 Å². The maximum atomic E-state index is 12.0. The molecule has 1 aliphatic heterocycles. The molecule has 3 aromatic rings. The number of carbonyl (C=O) groups excluding carboxylic acids is 1. The van der Waals surface area contributed by atoms with Crippen LogP contribution in [0.4, 0.5) is 5.69 Å². The molecule has 9 nitrogen and oxygen atoms in total. The zero-order chi connectivity index (χ0) is 19.0. The first-order valence-corrected chi connectivity index (χ1v) is 8.32. The number of carbonyl (C=O) groups is 1. The number of benzene rings is 1. The molecule has 1 amide bonds. The van der Waals surface area contributed by atoms with E-state index in [0.29, 0.717) is 58.7 Å². The SMILES string of the molecule is COc1cc(-c2nccc(-c3cc4n(n3)CCNC4=O)n2)c(OC)cc1N.Cl. The first-order valence-electron chi connectivity index (χ1n) is 8.32. The summed E-state index contributed by atoms with van der Waals surface area (Å²) >= 11 is 0. The van der Waals surface area contributed by atoms with Gasteiger partial charge in [-0.25, -0.2) is 9.97 Å². The molecule has 0 spiro atoms. The Bertz CT molecular complexity index is 1040. The highest BCUT2D eigenvalue weighted by atomic mass is 35.5. The van der Waals surface area contributed by atoms with Crippen LogP contribution in [-0.4, -0.2) is 46.4 Å². The lowest BCUT2D eigenvalue weighted by Crippen LogP contribution is -2.35. The number of nitrogens with zero attached hydrogens (tertiary/aromatic N) is 4. The zero-order valence-corrected chi connectivity index (χ0v) is 16.1. The molecular weight excluding hydrogens is 384 g/mol. The molecule has 0 fully saturated rings. The molecule has 2 aromatic heterocycles. The van der Waals surface area contributed by atoms with Crippen LogP contribution in [0.25, 0.3) is 22.8 Å². The van der Waals surface area contributed by atoms with Gasteiger partial charge in [-0.1, -0.05) is 0 Å². The van der Waals surface area contributed by atoms with Gasteiger partial charge in [-0.3, -0.25) is 9.48 Å². The van der Waals surface area contributed by atoms with Crippen molar-refractivity contribution in [3.63, 3.8) is 0 Å². The van der Waals surface area contributed by atoms with Gasteiger partial charge in [-0.05, 0) is 18.2 Å². The van der Waals surface area contributed by atoms with E-state index >= 15 is 0 Å². The zero-order valence-electron chi connectivity index (χ0n) is 15.3. The summed E-state index contributed by atoms with van der Waals surface area (Å²) in [6.45, 7) is 1.19. The van der Waals surface area contributed by atoms with Gasteiger partial charge < -0.3 is 20.5 Å². The van der Waals surface area contributed by atoms with E-state index in [9.17, 15) is 4.79 Å². The molecule has 3 heterocycles. The third kappa shape index (κ3) is 3.31. The molecule has 0 unspecified atom stereocenters. The lowest BCUT2D eigenvalue weighted by molar-refractivity contribution is 0.0924. The minimum atomic E-state index is -0.140. The van der Waals surface area contributed by atoms with Gasteiger partial charge in [-0.2, -0.15) is 5.10 Å². The Labute approximate surface area is 167 Å². The van der Waals surface area contributed by atoms with E-state index < -0.39 is 0 Å². The second kappa shape index (κ2) is 7.73. The van der Waals surface area contributed by atoms with Gasteiger partial charge in [-0.15, -0.1) is 12.4 Å². The molecule has 0 saturated heterocycles. The summed E-state index contributed by atoms with van der Waals surface area (Å²) in [5, 5.41) is 7.28. The van der Waals surface area contributed by atoms with E-state index in [1.165, 1.54) is 0 Å². The summed E-state index contributed by atoms with van der Waals surface area (Å²) in [5.41, 5.74) is 8.78. The monoisotopic (exact) mass is 402 g/mol. The second-order valence-electron chi connectivity index (χ2n) is 5.95. The number of halogens is 1. The number of rotatable bonds is 4. The topological polar surface area (TPSA) is 117 Å². The fourth-order valence-electron chi connectivity index (χ4n) is 2.99. The van der Waals surface area contributed by atoms with E-state index in [4.69, 9.17) is 15.2 Å². The van der Waals surface area contributed by atoms with Gasteiger partial charge >= 0.3 is 0 Å². The van der Waals surface area contributed by atoms with Crippen molar-refractivity contribution in [2.24, 2.45) is 0 Å². The van der Waals surface area contributed by atoms with Crippen LogP contribution in [-0.2, 0) is 6.54 Å². The van der Waals surface area contributed by atoms with Crippen LogP contribution in [0.15, 0.2) is 30.5 Å². The fraction of sp³-hybridized carbons (Fsp3) is 0.222. The van der Waals surface area contributed by atoms with Crippen molar-refractivity contribution in [1.82, 2.24) is 25.1 Å². The van der Waals surface area contributed by atoms with Crippen molar-refractivity contribution in [2.45, 2.75) is 6.54 Å². The largest absolute Gasteiger partial charge is 0.496 e. The van der Waals surface area contributed by atoms with Crippen LogP contribution in [0.5, 0.6) is 11.5 Å². The summed E-state index contributed by atoms with van der Waals surface area (Å²) in [4.78, 5) is 20.9. The summed E-state index contributed by atoms with van der Waals surface area (Å²) in [6, 6.07) is 6.88. The molecule has 1 aliphatic rings. The summed E-state index contributed by atoms with van der Waals surface area (Å²) in [6.07, 6.45) is 1.64. The molecule has 0 aliphatic carbocycles. The molecular formula is C18H19ClN6O3. The van der Waals surface area contributed by atoms with Gasteiger partial charge in [0.2, 0.25) is 0 Å². The van der Waals surface area contributed by atoms with E-state index in [1.807, 2.05) is 0 Å². The van der Waals surface area contributed by atoms with Crippen molar-refractivity contribution in [3.8, 4) is 34.3 Å². The maximum absolute atomic E-state index is 12.0. The van der Waals surface area contributed by atoms with Gasteiger partial charge in [0, 0.05) is 18.8 Å². The number of amides is 1. The average Bonchev–Trinajstić information content (AvgIpc) is 3.13. The standard InChI is InChI=1S/C18H18N6O3.ClH/c1-26-15-8-11(19)16(27-2)7-10(15)17-20-4-3-12(22-17)13-9-14-18(25)21-5-6-24(14)23-13;/h3-4,7-9H,5-6,19H2,1-2H3,(H,21,25);1H. The maximum Gasteiger partial charge on any atom is 0.269 e. The van der Waals surface area contributed by atoms with E-state index in [0.717, 1.165) is 0 Å². The van der Waals surface area contributed by atoms with Gasteiger partial charge in [0.25, 0.3) is 5.91 Å². The average molecular weight is 403 g/mol. The van der Waals surface area contributed by atoms with Crippen LogP contribution < -0.4 is 20.5 Å². The number of nitrogens with one attached hydrogen (secondary N) is 1. The Morgan fingerprint density at radius 3 is 2.64 bits per heavy atom. The number of fused-ring (bicyclic) bond motifs is 1. The Kier molecular flexibility index (Phi) is 5.36. The molecule has 1 aromatic carbocycles. The van der Waals surface area contributed by atoms with Crippen molar-refractivity contribution in [2.75, 3.05) is 26.5 Å². The lowest BCUT2D eigenvalue weighted by atomic mass is 10.1. The predicted molar refractivity (Wildman–Crippen MR) is 106 cm³/mol. The Morgan fingerprint density at radius 2 is 1.93 bits per heavy atom. The third-order valence-corrected chi connectivity index (χ3v) is 4.33. The third-order valence-electron chi connectivity index (χ3n) is 4.33. The fourth-order valence-corrected chi connectivity index (χ4v) is 2.99. The first kappa shape index (κ1) is 19.4. The van der Waals surface area contributed by atoms with E-state index in [1.54, 1.807) is 49.4 Å².